The SMILES string of the molecule is O=C(/C=C/C1[C@H](O)C[C@@H]2OC(=O)C[C@H]12)CCc1ccccc1. The van der Waals surface area contributed by atoms with Crippen LogP contribution in [0.3, 0.4) is 0 Å². The molecule has 4 atom stereocenters. The van der Waals surface area contributed by atoms with Gasteiger partial charge in [0.1, 0.15) is 6.10 Å². The van der Waals surface area contributed by atoms with E-state index in [0.29, 0.717) is 25.7 Å². The summed E-state index contributed by atoms with van der Waals surface area (Å²) < 4.78 is 5.18. The number of allylic oxidation sites excluding steroid dienone is 1. The van der Waals surface area contributed by atoms with Gasteiger partial charge >= 0.3 is 5.97 Å². The summed E-state index contributed by atoms with van der Waals surface area (Å²) in [4.78, 5) is 23.3. The quantitative estimate of drug-likeness (QED) is 0.668. The molecule has 3 rings (SSSR count). The van der Waals surface area contributed by atoms with Crippen LogP contribution in [0.25, 0.3) is 0 Å². The Kier molecular flexibility index (Phi) is 4.39. The predicted octanol–water partition coefficient (Wildman–Crippen LogP) is 2.06. The Balaban J connectivity index is 1.54. The van der Waals surface area contributed by atoms with E-state index >= 15 is 0 Å². The van der Waals surface area contributed by atoms with Crippen LogP contribution in [0.2, 0.25) is 0 Å². The van der Waals surface area contributed by atoms with Gasteiger partial charge in [-0.1, -0.05) is 36.4 Å². The van der Waals surface area contributed by atoms with Gasteiger partial charge in [-0.15, -0.1) is 0 Å². The number of aliphatic hydroxyl groups excluding tert-OH is 1. The number of rotatable bonds is 5. The summed E-state index contributed by atoms with van der Waals surface area (Å²) in [6.45, 7) is 0. The fourth-order valence-electron chi connectivity index (χ4n) is 3.40. The van der Waals surface area contributed by atoms with Gasteiger partial charge in [0.2, 0.25) is 0 Å². The van der Waals surface area contributed by atoms with Crippen LogP contribution >= 0.6 is 0 Å². The molecule has 1 unspecified atom stereocenters. The van der Waals surface area contributed by atoms with Gasteiger partial charge in [-0.2, -0.15) is 0 Å². The first-order chi connectivity index (χ1) is 10.6. The molecular formula is C18H20O4. The number of aliphatic hydroxyl groups is 1. The fourth-order valence-corrected chi connectivity index (χ4v) is 3.40. The molecule has 0 amide bonds. The van der Waals surface area contributed by atoms with Crippen molar-refractivity contribution in [2.24, 2.45) is 11.8 Å². The normalized spacial score (nSPS) is 30.5. The first-order valence-electron chi connectivity index (χ1n) is 7.76. The highest BCUT2D eigenvalue weighted by atomic mass is 16.6. The number of carbonyl (C=O) groups excluding carboxylic acids is 2. The second kappa shape index (κ2) is 6.44. The van der Waals surface area contributed by atoms with Crippen molar-refractivity contribution in [1.29, 1.82) is 0 Å². The van der Waals surface area contributed by atoms with Gasteiger partial charge < -0.3 is 9.84 Å². The fraction of sp³-hybridized carbons (Fsp3) is 0.444. The summed E-state index contributed by atoms with van der Waals surface area (Å²) >= 11 is 0. The highest BCUT2D eigenvalue weighted by Crippen LogP contribution is 2.41. The van der Waals surface area contributed by atoms with Gasteiger partial charge in [-0.3, -0.25) is 9.59 Å². The highest BCUT2D eigenvalue weighted by Gasteiger charge is 2.48. The summed E-state index contributed by atoms with van der Waals surface area (Å²) in [5.41, 5.74) is 1.14. The van der Waals surface area contributed by atoms with Crippen LogP contribution in [0, 0.1) is 11.8 Å². The van der Waals surface area contributed by atoms with E-state index in [4.69, 9.17) is 4.74 Å². The molecule has 4 heteroatoms. The van der Waals surface area contributed by atoms with Crippen molar-refractivity contribution in [2.45, 2.75) is 37.9 Å². The van der Waals surface area contributed by atoms with Crippen molar-refractivity contribution < 1.29 is 19.4 Å². The Hall–Kier alpha value is -1.94. The summed E-state index contributed by atoms with van der Waals surface area (Å²) in [6, 6.07) is 9.88. The van der Waals surface area contributed by atoms with Gasteiger partial charge in [0.25, 0.3) is 0 Å². The van der Waals surface area contributed by atoms with Crippen molar-refractivity contribution in [3.63, 3.8) is 0 Å². The first-order valence-corrected chi connectivity index (χ1v) is 7.76. The molecule has 1 aliphatic heterocycles. The van der Waals surface area contributed by atoms with Crippen molar-refractivity contribution in [3.05, 3.63) is 48.0 Å². The molecule has 4 nitrogen and oxygen atoms in total. The Morgan fingerprint density at radius 1 is 1.32 bits per heavy atom. The van der Waals surface area contributed by atoms with Gasteiger partial charge in [0.15, 0.2) is 5.78 Å². The Morgan fingerprint density at radius 3 is 2.86 bits per heavy atom. The molecule has 1 heterocycles. The predicted molar refractivity (Wildman–Crippen MR) is 81.0 cm³/mol. The lowest BCUT2D eigenvalue weighted by Gasteiger charge is -2.14. The molecule has 1 saturated carbocycles. The zero-order valence-electron chi connectivity index (χ0n) is 12.4. The monoisotopic (exact) mass is 300 g/mol. The molecule has 0 aromatic heterocycles. The second-order valence-electron chi connectivity index (χ2n) is 6.09. The standard InChI is InChI=1S/C18H20O4/c19-13(7-6-12-4-2-1-3-5-12)8-9-14-15-10-18(21)22-17(15)11-16(14)20/h1-5,8-9,14-17,20H,6-7,10-11H2/b9-8+/t14?,15-,16-,17+/m1/s1. The lowest BCUT2D eigenvalue weighted by atomic mass is 9.91. The molecule has 0 radical (unpaired) electrons. The van der Waals surface area contributed by atoms with Crippen LogP contribution in [-0.2, 0) is 20.7 Å². The third-order valence-electron chi connectivity index (χ3n) is 4.58. The van der Waals surface area contributed by atoms with Crippen LogP contribution in [-0.4, -0.2) is 29.1 Å². The smallest absolute Gasteiger partial charge is 0.306 e. The second-order valence-corrected chi connectivity index (χ2v) is 6.09. The van der Waals surface area contributed by atoms with Crippen molar-refractivity contribution >= 4 is 11.8 Å². The molecule has 1 saturated heterocycles. The lowest BCUT2D eigenvalue weighted by molar-refractivity contribution is -0.141. The van der Waals surface area contributed by atoms with Crippen LogP contribution in [0.4, 0.5) is 0 Å². The van der Waals surface area contributed by atoms with E-state index in [1.165, 1.54) is 0 Å². The average Bonchev–Trinajstić information content (AvgIpc) is 2.99. The zero-order valence-corrected chi connectivity index (χ0v) is 12.4. The molecule has 0 bridgehead atoms. The van der Waals surface area contributed by atoms with Crippen LogP contribution in [0.5, 0.6) is 0 Å². The van der Waals surface area contributed by atoms with Crippen molar-refractivity contribution in [2.75, 3.05) is 0 Å². The van der Waals surface area contributed by atoms with Gasteiger partial charge in [0.05, 0.1) is 12.5 Å². The number of ether oxygens (including phenoxy) is 1. The summed E-state index contributed by atoms with van der Waals surface area (Å²) in [5, 5.41) is 10.0. The minimum atomic E-state index is -0.527. The van der Waals surface area contributed by atoms with E-state index < -0.39 is 6.10 Å². The Bertz CT molecular complexity index is 578. The van der Waals surface area contributed by atoms with E-state index in [1.54, 1.807) is 12.2 Å². The van der Waals surface area contributed by atoms with Gasteiger partial charge in [-0.25, -0.2) is 0 Å². The van der Waals surface area contributed by atoms with Crippen LogP contribution in [0.1, 0.15) is 24.8 Å². The minimum absolute atomic E-state index is 0.0145. The topological polar surface area (TPSA) is 63.6 Å². The molecule has 0 spiro atoms. The summed E-state index contributed by atoms with van der Waals surface area (Å²) in [7, 11) is 0. The first kappa shape index (κ1) is 15.0. The number of ketones is 1. The maximum absolute atomic E-state index is 12.0. The number of hydrogen-bond acceptors (Lipinski definition) is 4. The largest absolute Gasteiger partial charge is 0.462 e. The summed E-state index contributed by atoms with van der Waals surface area (Å²) in [6.07, 6.45) is 4.60. The maximum atomic E-state index is 12.0. The summed E-state index contributed by atoms with van der Waals surface area (Å²) in [5.74, 6) is -0.293. The molecule has 2 aliphatic rings. The Morgan fingerprint density at radius 2 is 2.09 bits per heavy atom. The van der Waals surface area contributed by atoms with E-state index in [0.717, 1.165) is 5.56 Å². The lowest BCUT2D eigenvalue weighted by Crippen LogP contribution is -2.18. The van der Waals surface area contributed by atoms with E-state index in [9.17, 15) is 14.7 Å². The van der Waals surface area contributed by atoms with E-state index in [-0.39, 0.29) is 29.7 Å². The van der Waals surface area contributed by atoms with Crippen LogP contribution < -0.4 is 0 Å². The Labute approximate surface area is 129 Å². The van der Waals surface area contributed by atoms with Gasteiger partial charge in [-0.05, 0) is 18.1 Å². The molecule has 1 aromatic carbocycles. The van der Waals surface area contributed by atoms with Crippen LogP contribution in [0.15, 0.2) is 42.5 Å². The van der Waals surface area contributed by atoms with Gasteiger partial charge in [0, 0.05) is 24.7 Å². The molecule has 116 valence electrons. The van der Waals surface area contributed by atoms with E-state index in [1.807, 2.05) is 30.3 Å². The molecule has 1 aliphatic carbocycles. The molecule has 2 fully saturated rings. The van der Waals surface area contributed by atoms with Crippen molar-refractivity contribution in [3.8, 4) is 0 Å². The van der Waals surface area contributed by atoms with E-state index in [2.05, 4.69) is 0 Å². The molecular weight excluding hydrogens is 280 g/mol. The number of fused-ring (bicyclic) bond motifs is 1. The molecule has 1 aromatic rings. The highest BCUT2D eigenvalue weighted by molar-refractivity contribution is 5.89. The third kappa shape index (κ3) is 3.28. The minimum Gasteiger partial charge on any atom is -0.462 e. The number of hydrogen-bond donors (Lipinski definition) is 1. The zero-order chi connectivity index (χ0) is 15.5. The maximum Gasteiger partial charge on any atom is 0.306 e. The third-order valence-corrected chi connectivity index (χ3v) is 4.58. The molecule has 22 heavy (non-hydrogen) atoms. The number of aryl methyl sites for hydroxylation is 1. The average molecular weight is 300 g/mol. The number of benzene rings is 1. The molecule has 1 N–H and O–H groups in total. The number of carbonyl (C=O) groups is 2. The van der Waals surface area contributed by atoms with Crippen molar-refractivity contribution in [1.82, 2.24) is 0 Å². The number of esters is 1.